The Bertz CT molecular complexity index is 742. The number of aryl methyl sites for hydroxylation is 1. The number of carbonyl (C=O) groups excluding carboxylic acids is 1. The minimum Gasteiger partial charge on any atom is -0.337 e. The van der Waals surface area contributed by atoms with Crippen LogP contribution in [0.2, 0.25) is 0 Å². The second-order valence-corrected chi connectivity index (χ2v) is 7.92. The zero-order valence-electron chi connectivity index (χ0n) is 13.9. The van der Waals surface area contributed by atoms with Gasteiger partial charge in [-0.05, 0) is 47.9 Å². The number of nitrogens with zero attached hydrogens (tertiary/aromatic N) is 1. The quantitative estimate of drug-likeness (QED) is 0.828. The van der Waals surface area contributed by atoms with Crippen molar-refractivity contribution in [3.8, 4) is 0 Å². The third kappa shape index (κ3) is 3.23. The summed E-state index contributed by atoms with van der Waals surface area (Å²) in [5.74, 6) is 0.888. The summed E-state index contributed by atoms with van der Waals surface area (Å²) in [6, 6.07) is 17.2. The summed E-state index contributed by atoms with van der Waals surface area (Å²) < 4.78 is 0. The second kappa shape index (κ2) is 7.02. The maximum atomic E-state index is 12.7. The summed E-state index contributed by atoms with van der Waals surface area (Å²) in [4.78, 5) is 14.7. The first-order chi connectivity index (χ1) is 11.8. The van der Waals surface area contributed by atoms with E-state index in [9.17, 15) is 4.79 Å². The van der Waals surface area contributed by atoms with E-state index in [1.807, 2.05) is 16.7 Å². The van der Waals surface area contributed by atoms with Crippen LogP contribution in [0, 0.1) is 0 Å². The summed E-state index contributed by atoms with van der Waals surface area (Å²) >= 11 is 1.83. The lowest BCUT2D eigenvalue weighted by Crippen LogP contribution is -2.37. The largest absolute Gasteiger partial charge is 0.337 e. The number of hydrogen-bond donors (Lipinski definition) is 0. The van der Waals surface area contributed by atoms with Crippen molar-refractivity contribution in [2.45, 2.75) is 37.5 Å². The van der Waals surface area contributed by atoms with E-state index in [0.717, 1.165) is 19.5 Å². The normalized spacial score (nSPS) is 19.5. The molecule has 124 valence electrons. The highest BCUT2D eigenvalue weighted by atomic mass is 32.2. The summed E-state index contributed by atoms with van der Waals surface area (Å²) in [6.07, 6.45) is 4.60. The molecule has 1 atom stereocenters. The molecule has 3 heteroatoms. The monoisotopic (exact) mass is 337 g/mol. The van der Waals surface area contributed by atoms with Crippen LogP contribution in [-0.2, 0) is 24.2 Å². The number of thioether (sulfide) groups is 1. The fraction of sp³-hybridized carbons (Fsp3) is 0.381. The van der Waals surface area contributed by atoms with Gasteiger partial charge in [-0.15, -0.1) is 11.8 Å². The molecule has 0 saturated heterocycles. The van der Waals surface area contributed by atoms with Gasteiger partial charge < -0.3 is 4.90 Å². The van der Waals surface area contributed by atoms with Crippen molar-refractivity contribution in [1.29, 1.82) is 0 Å². The summed E-state index contributed by atoms with van der Waals surface area (Å²) in [5.41, 5.74) is 5.63. The molecule has 24 heavy (non-hydrogen) atoms. The number of rotatable bonds is 3. The molecule has 1 heterocycles. The van der Waals surface area contributed by atoms with E-state index < -0.39 is 0 Å². The molecule has 2 aromatic rings. The zero-order valence-corrected chi connectivity index (χ0v) is 14.7. The lowest BCUT2D eigenvalue weighted by molar-refractivity contribution is -0.129. The minimum absolute atomic E-state index is 0.289. The van der Waals surface area contributed by atoms with E-state index in [1.165, 1.54) is 41.5 Å². The Kier molecular flexibility index (Phi) is 4.61. The molecule has 0 N–H and O–H groups in total. The molecule has 0 radical (unpaired) electrons. The summed E-state index contributed by atoms with van der Waals surface area (Å²) in [7, 11) is 0. The number of amides is 1. The molecule has 0 bridgehead atoms. The van der Waals surface area contributed by atoms with Gasteiger partial charge in [-0.1, -0.05) is 48.5 Å². The third-order valence-electron chi connectivity index (χ3n) is 5.21. The van der Waals surface area contributed by atoms with E-state index in [0.29, 0.717) is 11.0 Å². The molecule has 0 unspecified atom stereocenters. The van der Waals surface area contributed by atoms with Crippen molar-refractivity contribution in [1.82, 2.24) is 4.90 Å². The van der Waals surface area contributed by atoms with Crippen LogP contribution in [0.15, 0.2) is 48.5 Å². The molecular weight excluding hydrogens is 314 g/mol. The van der Waals surface area contributed by atoms with Crippen molar-refractivity contribution in [3.63, 3.8) is 0 Å². The van der Waals surface area contributed by atoms with Crippen LogP contribution < -0.4 is 0 Å². The van der Waals surface area contributed by atoms with Gasteiger partial charge in [0.1, 0.15) is 0 Å². The molecule has 4 rings (SSSR count). The third-order valence-corrected chi connectivity index (χ3v) is 6.51. The lowest BCUT2D eigenvalue weighted by Gasteiger charge is -2.30. The number of benzene rings is 2. The van der Waals surface area contributed by atoms with Crippen LogP contribution in [0.25, 0.3) is 0 Å². The summed E-state index contributed by atoms with van der Waals surface area (Å²) in [5, 5.41) is 0.482. The Morgan fingerprint density at radius 3 is 2.62 bits per heavy atom. The molecule has 0 spiro atoms. The van der Waals surface area contributed by atoms with Gasteiger partial charge in [0.2, 0.25) is 5.91 Å². The maximum Gasteiger partial charge on any atom is 0.232 e. The molecule has 0 fully saturated rings. The number of hydrogen-bond acceptors (Lipinski definition) is 2. The first-order valence-electron chi connectivity index (χ1n) is 8.85. The van der Waals surface area contributed by atoms with E-state index >= 15 is 0 Å². The van der Waals surface area contributed by atoms with Crippen molar-refractivity contribution in [2.24, 2.45) is 0 Å². The van der Waals surface area contributed by atoms with Gasteiger partial charge >= 0.3 is 0 Å². The Hall–Kier alpha value is -1.74. The Morgan fingerprint density at radius 1 is 1.00 bits per heavy atom. The fourth-order valence-electron chi connectivity index (χ4n) is 3.85. The maximum absolute atomic E-state index is 12.7. The molecule has 2 aromatic carbocycles. The average molecular weight is 337 g/mol. The van der Waals surface area contributed by atoms with Gasteiger partial charge in [-0.2, -0.15) is 0 Å². The molecule has 0 aromatic heterocycles. The molecule has 1 amide bonds. The first-order valence-corrected chi connectivity index (χ1v) is 9.90. The molecule has 1 aliphatic heterocycles. The molecule has 2 aliphatic rings. The van der Waals surface area contributed by atoms with Gasteiger partial charge in [0.05, 0.1) is 5.75 Å². The standard InChI is InChI=1S/C21H23NOS/c23-21(22-13-12-16-6-1-2-8-18(16)14-22)15-24-20-11-5-9-17-7-3-4-10-19(17)20/h1-4,6-8,10,20H,5,9,11-15H2/t20-/m1/s1. The van der Waals surface area contributed by atoms with E-state index in [2.05, 4.69) is 48.5 Å². The minimum atomic E-state index is 0.289. The Morgan fingerprint density at radius 2 is 1.75 bits per heavy atom. The van der Waals surface area contributed by atoms with E-state index in [-0.39, 0.29) is 5.91 Å². The van der Waals surface area contributed by atoms with Crippen molar-refractivity contribution >= 4 is 17.7 Å². The first kappa shape index (κ1) is 15.8. The van der Waals surface area contributed by atoms with Crippen LogP contribution in [0.4, 0.5) is 0 Å². The second-order valence-electron chi connectivity index (χ2n) is 6.72. The van der Waals surface area contributed by atoms with Crippen LogP contribution in [0.3, 0.4) is 0 Å². The lowest BCUT2D eigenvalue weighted by atomic mass is 9.91. The van der Waals surface area contributed by atoms with Gasteiger partial charge in [-0.25, -0.2) is 0 Å². The van der Waals surface area contributed by atoms with Gasteiger partial charge in [0.15, 0.2) is 0 Å². The predicted octanol–water partition coefficient (Wildman–Crippen LogP) is 4.38. The molecule has 1 aliphatic carbocycles. The molecule has 0 saturated carbocycles. The van der Waals surface area contributed by atoms with Crippen LogP contribution in [0.5, 0.6) is 0 Å². The topological polar surface area (TPSA) is 20.3 Å². The van der Waals surface area contributed by atoms with E-state index in [1.54, 1.807) is 0 Å². The van der Waals surface area contributed by atoms with Crippen LogP contribution >= 0.6 is 11.8 Å². The van der Waals surface area contributed by atoms with Crippen LogP contribution in [-0.4, -0.2) is 23.1 Å². The highest BCUT2D eigenvalue weighted by Crippen LogP contribution is 2.39. The highest BCUT2D eigenvalue weighted by molar-refractivity contribution is 8.00. The number of carbonyl (C=O) groups is 1. The van der Waals surface area contributed by atoms with Crippen molar-refractivity contribution < 1.29 is 4.79 Å². The Balaban J connectivity index is 1.38. The fourth-order valence-corrected chi connectivity index (χ4v) is 5.12. The zero-order chi connectivity index (χ0) is 16.4. The van der Waals surface area contributed by atoms with Crippen LogP contribution in [0.1, 0.15) is 40.3 Å². The van der Waals surface area contributed by atoms with Gasteiger partial charge in [-0.3, -0.25) is 4.79 Å². The average Bonchev–Trinajstić information content (AvgIpc) is 2.65. The predicted molar refractivity (Wildman–Crippen MR) is 100 cm³/mol. The SMILES string of the molecule is O=C(CS[C@@H]1CCCc2ccccc21)N1CCc2ccccc2C1. The Labute approximate surface area is 148 Å². The molecular formula is C21H23NOS. The van der Waals surface area contributed by atoms with Crippen molar-refractivity contribution in [3.05, 3.63) is 70.8 Å². The summed E-state index contributed by atoms with van der Waals surface area (Å²) in [6.45, 7) is 1.63. The smallest absolute Gasteiger partial charge is 0.232 e. The van der Waals surface area contributed by atoms with Gasteiger partial charge in [0.25, 0.3) is 0 Å². The highest BCUT2D eigenvalue weighted by Gasteiger charge is 2.24. The van der Waals surface area contributed by atoms with E-state index in [4.69, 9.17) is 0 Å². The number of fused-ring (bicyclic) bond motifs is 2. The molecule has 2 nitrogen and oxygen atoms in total. The van der Waals surface area contributed by atoms with Gasteiger partial charge in [0, 0.05) is 18.3 Å². The van der Waals surface area contributed by atoms with Crippen molar-refractivity contribution in [2.75, 3.05) is 12.3 Å².